The third kappa shape index (κ3) is 3.95. The van der Waals surface area contributed by atoms with E-state index in [1.807, 2.05) is 12.1 Å². The molecule has 2 saturated heterocycles. The number of rotatable bonds is 3. The minimum Gasteiger partial charge on any atom is -0.370 e. The van der Waals surface area contributed by atoms with Crippen molar-refractivity contribution >= 4 is 16.6 Å². The van der Waals surface area contributed by atoms with Crippen LogP contribution in [0.3, 0.4) is 0 Å². The number of benzene rings is 1. The van der Waals surface area contributed by atoms with Crippen LogP contribution < -0.4 is 4.90 Å². The van der Waals surface area contributed by atoms with Crippen molar-refractivity contribution in [1.29, 1.82) is 5.26 Å². The van der Waals surface area contributed by atoms with Gasteiger partial charge >= 0.3 is 0 Å². The Morgan fingerprint density at radius 1 is 1.14 bits per heavy atom. The Hall–Kier alpha value is -2.20. The van der Waals surface area contributed by atoms with Gasteiger partial charge in [0.15, 0.2) is 0 Å². The quantitative estimate of drug-likeness (QED) is 0.799. The monoisotopic (exact) mass is 393 g/mol. The third-order valence-corrected chi connectivity index (χ3v) is 6.68. The summed E-state index contributed by atoms with van der Waals surface area (Å²) >= 11 is 0. The Morgan fingerprint density at radius 2 is 1.97 bits per heavy atom. The Bertz CT molecular complexity index is 910. The van der Waals surface area contributed by atoms with Crippen molar-refractivity contribution in [1.82, 2.24) is 14.8 Å². The van der Waals surface area contributed by atoms with E-state index in [2.05, 4.69) is 65.7 Å². The van der Waals surface area contributed by atoms with Gasteiger partial charge in [-0.15, -0.1) is 0 Å². The SMILES string of the molecule is CC1C(C)N(C[C@@H]2CN(c3ccc(C#N)c4ncccc34)C[C@@H](C)O2)CCN1C. The molecule has 0 bridgehead atoms. The van der Waals surface area contributed by atoms with E-state index in [-0.39, 0.29) is 12.2 Å². The zero-order chi connectivity index (χ0) is 20.5. The van der Waals surface area contributed by atoms with Crippen LogP contribution in [-0.2, 0) is 4.74 Å². The van der Waals surface area contributed by atoms with E-state index in [4.69, 9.17) is 4.74 Å². The molecule has 1 aromatic heterocycles. The van der Waals surface area contributed by atoms with Gasteiger partial charge in [0.25, 0.3) is 0 Å². The van der Waals surface area contributed by atoms with Crippen molar-refractivity contribution in [3.05, 3.63) is 36.0 Å². The summed E-state index contributed by atoms with van der Waals surface area (Å²) in [5, 5.41) is 10.5. The summed E-state index contributed by atoms with van der Waals surface area (Å²) in [6, 6.07) is 11.3. The molecule has 154 valence electrons. The highest BCUT2D eigenvalue weighted by Crippen LogP contribution is 2.30. The van der Waals surface area contributed by atoms with E-state index < -0.39 is 0 Å². The second-order valence-corrected chi connectivity index (χ2v) is 8.57. The van der Waals surface area contributed by atoms with Crippen molar-refractivity contribution in [2.24, 2.45) is 0 Å². The first-order valence-corrected chi connectivity index (χ1v) is 10.6. The molecule has 6 heteroatoms. The number of pyridine rings is 1. The number of hydrogen-bond acceptors (Lipinski definition) is 6. The minimum atomic E-state index is 0.163. The number of likely N-dealkylation sites (N-methyl/N-ethyl adjacent to an activating group) is 1. The number of piperazine rings is 1. The molecule has 4 rings (SSSR count). The molecular weight excluding hydrogens is 362 g/mol. The van der Waals surface area contributed by atoms with E-state index in [9.17, 15) is 5.26 Å². The molecule has 6 nitrogen and oxygen atoms in total. The lowest BCUT2D eigenvalue weighted by molar-refractivity contribution is -0.0519. The maximum absolute atomic E-state index is 9.44. The molecular formula is C23H31N5O. The maximum atomic E-state index is 9.44. The van der Waals surface area contributed by atoms with Crippen LogP contribution in [0.4, 0.5) is 5.69 Å². The molecule has 0 aliphatic carbocycles. The topological polar surface area (TPSA) is 55.6 Å². The number of hydrogen-bond donors (Lipinski definition) is 0. The molecule has 0 radical (unpaired) electrons. The molecule has 0 saturated carbocycles. The fraction of sp³-hybridized carbons (Fsp3) is 0.565. The minimum absolute atomic E-state index is 0.163. The summed E-state index contributed by atoms with van der Waals surface area (Å²) < 4.78 is 6.34. The number of nitrogens with zero attached hydrogens (tertiary/aromatic N) is 5. The normalized spacial score (nSPS) is 29.1. The second-order valence-electron chi connectivity index (χ2n) is 8.57. The standard InChI is InChI=1S/C23H31N5O/c1-16-13-28(22-8-7-19(12-24)23-21(22)6-5-9-25-23)15-20(29-16)14-27-11-10-26(4)17(2)18(27)3/h5-9,16-18,20H,10-11,13-15H2,1-4H3/t16-,17?,18?,20-/m1/s1. The zero-order valence-electron chi connectivity index (χ0n) is 17.9. The van der Waals surface area contributed by atoms with Gasteiger partial charge < -0.3 is 14.5 Å². The molecule has 1 aromatic carbocycles. The van der Waals surface area contributed by atoms with Gasteiger partial charge in [-0.3, -0.25) is 9.88 Å². The number of morpholine rings is 1. The van der Waals surface area contributed by atoms with Crippen LogP contribution in [0.2, 0.25) is 0 Å². The van der Waals surface area contributed by atoms with Crippen molar-refractivity contribution < 1.29 is 4.74 Å². The van der Waals surface area contributed by atoms with Crippen LogP contribution in [-0.4, -0.2) is 78.8 Å². The van der Waals surface area contributed by atoms with Crippen molar-refractivity contribution in [2.45, 2.75) is 45.1 Å². The molecule has 3 heterocycles. The smallest absolute Gasteiger partial charge is 0.101 e. The number of aromatic nitrogens is 1. The van der Waals surface area contributed by atoms with E-state index in [0.717, 1.165) is 49.3 Å². The third-order valence-electron chi connectivity index (χ3n) is 6.68. The predicted octanol–water partition coefficient (Wildman–Crippen LogP) is 2.72. The second kappa shape index (κ2) is 8.27. The zero-order valence-corrected chi connectivity index (χ0v) is 17.9. The van der Waals surface area contributed by atoms with Crippen LogP contribution in [0.15, 0.2) is 30.5 Å². The van der Waals surface area contributed by atoms with Crippen LogP contribution in [0.5, 0.6) is 0 Å². The lowest BCUT2D eigenvalue weighted by atomic mass is 10.0. The molecule has 2 aliphatic rings. The molecule has 0 N–H and O–H groups in total. The van der Waals surface area contributed by atoms with Gasteiger partial charge in [0.05, 0.1) is 23.3 Å². The Labute approximate surface area is 173 Å². The molecule has 2 fully saturated rings. The Balaban J connectivity index is 1.56. The van der Waals surface area contributed by atoms with Gasteiger partial charge in [-0.05, 0) is 52.1 Å². The van der Waals surface area contributed by atoms with Crippen LogP contribution >= 0.6 is 0 Å². The number of anilines is 1. The first-order valence-electron chi connectivity index (χ1n) is 10.6. The van der Waals surface area contributed by atoms with Crippen LogP contribution in [0.1, 0.15) is 26.3 Å². The Kier molecular flexibility index (Phi) is 5.73. The summed E-state index contributed by atoms with van der Waals surface area (Å²) in [6.07, 6.45) is 2.09. The largest absolute Gasteiger partial charge is 0.370 e. The summed E-state index contributed by atoms with van der Waals surface area (Å²) in [7, 11) is 2.21. The van der Waals surface area contributed by atoms with E-state index in [0.29, 0.717) is 17.6 Å². The van der Waals surface area contributed by atoms with Crippen molar-refractivity contribution in [2.75, 3.05) is 44.7 Å². The highest BCUT2D eigenvalue weighted by molar-refractivity contribution is 5.95. The number of ether oxygens (including phenoxy) is 1. The van der Waals surface area contributed by atoms with E-state index in [1.54, 1.807) is 6.20 Å². The van der Waals surface area contributed by atoms with Crippen molar-refractivity contribution in [3.63, 3.8) is 0 Å². The van der Waals surface area contributed by atoms with Crippen LogP contribution in [0.25, 0.3) is 10.9 Å². The first kappa shape index (κ1) is 20.1. The predicted molar refractivity (Wildman–Crippen MR) is 116 cm³/mol. The molecule has 2 aromatic rings. The maximum Gasteiger partial charge on any atom is 0.101 e. The fourth-order valence-corrected chi connectivity index (χ4v) is 4.75. The molecule has 4 atom stereocenters. The lowest BCUT2D eigenvalue weighted by Crippen LogP contribution is -2.59. The number of nitriles is 1. The average Bonchev–Trinajstić information content (AvgIpc) is 2.73. The van der Waals surface area contributed by atoms with Gasteiger partial charge in [0, 0.05) is 62.1 Å². The summed E-state index contributed by atoms with van der Waals surface area (Å²) in [4.78, 5) is 11.9. The molecule has 29 heavy (non-hydrogen) atoms. The average molecular weight is 394 g/mol. The molecule has 0 spiro atoms. The number of fused-ring (bicyclic) bond motifs is 1. The molecule has 2 unspecified atom stereocenters. The van der Waals surface area contributed by atoms with Crippen LogP contribution in [0, 0.1) is 11.3 Å². The van der Waals surface area contributed by atoms with Crippen molar-refractivity contribution in [3.8, 4) is 6.07 Å². The van der Waals surface area contributed by atoms with Gasteiger partial charge in [0.2, 0.25) is 0 Å². The lowest BCUT2D eigenvalue weighted by Gasteiger charge is -2.46. The Morgan fingerprint density at radius 3 is 2.76 bits per heavy atom. The highest BCUT2D eigenvalue weighted by atomic mass is 16.5. The van der Waals surface area contributed by atoms with Gasteiger partial charge in [-0.1, -0.05) is 0 Å². The fourth-order valence-electron chi connectivity index (χ4n) is 4.75. The molecule has 0 amide bonds. The van der Waals surface area contributed by atoms with E-state index in [1.165, 1.54) is 0 Å². The first-order chi connectivity index (χ1) is 14.0. The van der Waals surface area contributed by atoms with E-state index >= 15 is 0 Å². The summed E-state index contributed by atoms with van der Waals surface area (Å²) in [5.41, 5.74) is 2.55. The van der Waals surface area contributed by atoms with Gasteiger partial charge in [0.1, 0.15) is 6.07 Å². The summed E-state index contributed by atoms with van der Waals surface area (Å²) in [6.45, 7) is 11.6. The van der Waals surface area contributed by atoms with Gasteiger partial charge in [-0.2, -0.15) is 5.26 Å². The van der Waals surface area contributed by atoms with Gasteiger partial charge in [-0.25, -0.2) is 0 Å². The summed E-state index contributed by atoms with van der Waals surface area (Å²) in [5.74, 6) is 0. The molecule has 2 aliphatic heterocycles. The highest BCUT2D eigenvalue weighted by Gasteiger charge is 2.33.